The van der Waals surface area contributed by atoms with Gasteiger partial charge in [0.2, 0.25) is 0 Å². The van der Waals surface area contributed by atoms with E-state index in [1.165, 1.54) is 0 Å². The first-order chi connectivity index (χ1) is 1.73. The molecule has 0 heterocycles. The summed E-state index contributed by atoms with van der Waals surface area (Å²) in [5, 5.41) is 0. The molecule has 0 rings (SSSR count). The van der Waals surface area contributed by atoms with E-state index in [1.54, 1.807) is 0 Å². The molecule has 3 nitrogen and oxygen atoms in total. The Balaban J connectivity index is 0. The Hall–Kier alpha value is 1.73. The van der Waals surface area contributed by atoms with E-state index in [9.17, 15) is 0 Å². The van der Waals surface area contributed by atoms with Gasteiger partial charge >= 0.3 is 26.8 Å². The minimum absolute atomic E-state index is 0. The molecule has 0 saturated carbocycles. The van der Waals surface area contributed by atoms with Crippen molar-refractivity contribution in [3.05, 3.63) is 0 Å². The van der Waals surface area contributed by atoms with Crippen LogP contribution in [0.5, 0.6) is 0 Å². The molecule has 0 aromatic carbocycles. The van der Waals surface area contributed by atoms with Gasteiger partial charge in [0.05, 0.1) is 0 Å². The maximum absolute atomic E-state index is 8.67. The Morgan fingerprint density at radius 3 is 1.40 bits per heavy atom. The Morgan fingerprint density at radius 2 is 1.40 bits per heavy atom. The van der Waals surface area contributed by atoms with Crippen molar-refractivity contribution in [2.75, 3.05) is 0 Å². The Kier molecular flexibility index (Phi) is 11.3. The van der Waals surface area contributed by atoms with Gasteiger partial charge in [-0.2, -0.15) is 0 Å². The number of hydrogen-bond acceptors (Lipinski definition) is 2. The van der Waals surface area contributed by atoms with Gasteiger partial charge in [0.25, 0.3) is 0 Å². The van der Waals surface area contributed by atoms with Gasteiger partial charge in [-0.25, -0.2) is 0 Å². The average Bonchev–Trinajstić information content (AvgIpc) is 0.811. The molecule has 0 fully saturated rings. The van der Waals surface area contributed by atoms with Crippen LogP contribution < -0.4 is 0 Å². The van der Waals surface area contributed by atoms with Gasteiger partial charge in [0.15, 0.2) is 0 Å². The molecule has 0 aliphatic carbocycles. The summed E-state index contributed by atoms with van der Waals surface area (Å²) in [7, 11) is 0. The summed E-state index contributed by atoms with van der Waals surface area (Å²) in [6.45, 7) is 0. The topological polar surface area (TPSA) is 54.4 Å². The standard InChI is InChI=1S/Eu.H2O.2O.V/h;1H2;;;/q;;;;+1/p-1. The Bertz CT molecular complexity index is 55.3. The summed E-state index contributed by atoms with van der Waals surface area (Å²) in [4.78, 5) is 0. The zero-order valence-corrected chi connectivity index (χ0v) is 5.91. The number of rotatable bonds is 0. The molecule has 0 spiro atoms. The third-order valence-electron chi connectivity index (χ3n) is 0. The van der Waals surface area contributed by atoms with Crippen LogP contribution in [-0.2, 0) is 22.7 Å². The fourth-order valence-corrected chi connectivity index (χ4v) is 0. The predicted octanol–water partition coefficient (Wildman–Crippen LogP) is -0.797. The van der Waals surface area contributed by atoms with Crippen LogP contribution in [0.2, 0.25) is 0 Å². The van der Waals surface area contributed by atoms with Crippen molar-refractivity contribution in [3.63, 3.8) is 0 Å². The van der Waals surface area contributed by atoms with E-state index in [1.807, 2.05) is 0 Å². The average molecular weight is 252 g/mol. The molecule has 31 valence electrons. The molecule has 0 atom stereocenters. The van der Waals surface area contributed by atoms with Gasteiger partial charge in [0, 0.05) is 49.4 Å². The van der Waals surface area contributed by atoms with Crippen LogP contribution in [0.25, 0.3) is 0 Å². The number of hydrogen-bond donors (Lipinski definition) is 1. The Morgan fingerprint density at radius 1 is 1.40 bits per heavy atom. The van der Waals surface area contributed by atoms with Crippen molar-refractivity contribution in [2.24, 2.45) is 0 Å². The van der Waals surface area contributed by atoms with Crippen LogP contribution in [0, 0.1) is 49.4 Å². The molecule has 1 radical (unpaired) electrons. The molecule has 0 saturated heterocycles. The zero-order chi connectivity index (χ0) is 3.58. The van der Waals surface area contributed by atoms with Gasteiger partial charge in [0.1, 0.15) is 0 Å². The van der Waals surface area contributed by atoms with Gasteiger partial charge in [-0.3, -0.25) is 0 Å². The van der Waals surface area contributed by atoms with Crippen LogP contribution in [0.3, 0.4) is 0 Å². The minimum atomic E-state index is -3.69. The van der Waals surface area contributed by atoms with E-state index in [2.05, 4.69) is 0 Å². The fourth-order valence-electron chi connectivity index (χ4n) is 0. The van der Waals surface area contributed by atoms with Crippen molar-refractivity contribution in [3.8, 4) is 0 Å². The summed E-state index contributed by atoms with van der Waals surface area (Å²) in [5.74, 6) is 0. The molecular formula is HEuO3V. The quantitative estimate of drug-likeness (QED) is 0.614. The van der Waals surface area contributed by atoms with Crippen LogP contribution >= 0.6 is 0 Å². The van der Waals surface area contributed by atoms with Gasteiger partial charge in [-0.05, 0) is 0 Å². The van der Waals surface area contributed by atoms with Crippen molar-refractivity contribution in [1.29, 1.82) is 0 Å². The first-order valence-electron chi connectivity index (χ1n) is 0.565. The molecule has 0 bridgehead atoms. The van der Waals surface area contributed by atoms with E-state index >= 15 is 0 Å². The summed E-state index contributed by atoms with van der Waals surface area (Å²) in [6.07, 6.45) is 0. The van der Waals surface area contributed by atoms with Crippen LogP contribution in [0.4, 0.5) is 0 Å². The molecule has 0 aromatic rings. The van der Waals surface area contributed by atoms with Crippen molar-refractivity contribution >= 4 is 0 Å². The second kappa shape index (κ2) is 5.73. The van der Waals surface area contributed by atoms with Gasteiger partial charge in [-0.15, -0.1) is 0 Å². The van der Waals surface area contributed by atoms with E-state index in [0.29, 0.717) is 0 Å². The fraction of sp³-hybridized carbons (Fsp3) is 0. The molecular weight excluding hydrogens is 251 g/mol. The van der Waals surface area contributed by atoms with E-state index in [0.717, 1.165) is 0 Å². The van der Waals surface area contributed by atoms with Crippen molar-refractivity contribution in [2.45, 2.75) is 0 Å². The van der Waals surface area contributed by atoms with Gasteiger partial charge in [-0.1, -0.05) is 0 Å². The molecule has 1 N–H and O–H groups in total. The predicted molar refractivity (Wildman–Crippen MR) is 3.59 cm³/mol. The van der Waals surface area contributed by atoms with E-state index in [-0.39, 0.29) is 49.4 Å². The van der Waals surface area contributed by atoms with Crippen LogP contribution in [-0.4, -0.2) is 4.03 Å². The molecule has 0 aliphatic rings. The molecule has 5 heavy (non-hydrogen) atoms. The molecule has 5 heteroatoms. The first-order valence-corrected chi connectivity index (χ1v) is 2.33. The van der Waals surface area contributed by atoms with Gasteiger partial charge < -0.3 is 0 Å². The SMILES string of the molecule is [Eu].[O]=[V](=[O])[OH]. The third-order valence-corrected chi connectivity index (χ3v) is 0. The van der Waals surface area contributed by atoms with Crippen LogP contribution in [0.1, 0.15) is 0 Å². The second-order valence-electron chi connectivity index (χ2n) is 0.238. The monoisotopic (exact) mass is 253 g/mol. The Labute approximate surface area is 74.7 Å². The molecule has 0 aliphatic heterocycles. The summed E-state index contributed by atoms with van der Waals surface area (Å²) in [6, 6.07) is 0. The third kappa shape index (κ3) is 26.7. The maximum atomic E-state index is 8.67. The molecule has 0 unspecified atom stereocenters. The zero-order valence-electron chi connectivity index (χ0n) is 2.09. The normalized spacial score (nSPS) is 5.00. The van der Waals surface area contributed by atoms with Crippen LogP contribution in [0.15, 0.2) is 0 Å². The van der Waals surface area contributed by atoms with E-state index in [4.69, 9.17) is 11.4 Å². The molecule has 0 aromatic heterocycles. The summed E-state index contributed by atoms with van der Waals surface area (Å²) >= 11 is -3.69. The molecule has 0 amide bonds. The summed E-state index contributed by atoms with van der Waals surface area (Å²) in [5.41, 5.74) is 0. The summed E-state index contributed by atoms with van der Waals surface area (Å²) < 4.78 is 24.4. The second-order valence-corrected chi connectivity index (χ2v) is 0.981. The van der Waals surface area contributed by atoms with E-state index < -0.39 is 15.4 Å². The van der Waals surface area contributed by atoms with Crippen molar-refractivity contribution in [1.82, 2.24) is 0 Å². The first kappa shape index (κ1) is 9.88. The van der Waals surface area contributed by atoms with Crippen molar-refractivity contribution < 1.29 is 76.2 Å².